The SMILES string of the molecule is CC(NCC1CC=CCC1)c1ccccc1O. The lowest BCUT2D eigenvalue weighted by atomic mass is 9.94. The molecule has 0 aromatic heterocycles. The Labute approximate surface area is 103 Å². The van der Waals surface area contributed by atoms with Crippen LogP contribution in [-0.2, 0) is 0 Å². The van der Waals surface area contributed by atoms with Gasteiger partial charge in [0.05, 0.1) is 0 Å². The van der Waals surface area contributed by atoms with Crippen LogP contribution in [0, 0.1) is 5.92 Å². The standard InChI is InChI=1S/C15H21NO/c1-12(14-9-5-6-10-15(14)17)16-11-13-7-3-2-4-8-13/h2-3,5-6,9-10,12-13,16-17H,4,7-8,11H2,1H3. The fourth-order valence-corrected chi connectivity index (χ4v) is 2.35. The Morgan fingerprint density at radius 2 is 2.18 bits per heavy atom. The molecule has 0 bridgehead atoms. The molecule has 1 aliphatic rings. The Balaban J connectivity index is 1.87. The minimum atomic E-state index is 0.210. The van der Waals surface area contributed by atoms with E-state index in [1.165, 1.54) is 19.3 Å². The first-order valence-corrected chi connectivity index (χ1v) is 6.43. The molecule has 2 heteroatoms. The highest BCUT2D eigenvalue weighted by Crippen LogP contribution is 2.24. The summed E-state index contributed by atoms with van der Waals surface area (Å²) in [6, 6.07) is 7.76. The summed E-state index contributed by atoms with van der Waals surface area (Å²) in [6.07, 6.45) is 8.21. The lowest BCUT2D eigenvalue weighted by Crippen LogP contribution is -2.26. The van der Waals surface area contributed by atoms with Gasteiger partial charge in [0.2, 0.25) is 0 Å². The number of hydrogen-bond donors (Lipinski definition) is 2. The number of hydrogen-bond acceptors (Lipinski definition) is 2. The lowest BCUT2D eigenvalue weighted by molar-refractivity contribution is 0.404. The lowest BCUT2D eigenvalue weighted by Gasteiger charge is -2.22. The zero-order valence-electron chi connectivity index (χ0n) is 10.4. The first-order chi connectivity index (χ1) is 8.27. The van der Waals surface area contributed by atoms with E-state index in [1.807, 2.05) is 18.2 Å². The summed E-state index contributed by atoms with van der Waals surface area (Å²) in [4.78, 5) is 0. The maximum atomic E-state index is 9.77. The van der Waals surface area contributed by atoms with Crippen LogP contribution in [0.2, 0.25) is 0 Å². The normalized spacial score (nSPS) is 21.4. The first-order valence-electron chi connectivity index (χ1n) is 6.43. The Kier molecular flexibility index (Phi) is 4.21. The average molecular weight is 231 g/mol. The van der Waals surface area contributed by atoms with Crippen molar-refractivity contribution >= 4 is 0 Å². The molecule has 1 aromatic carbocycles. The number of phenols is 1. The van der Waals surface area contributed by atoms with Gasteiger partial charge in [0, 0.05) is 11.6 Å². The van der Waals surface area contributed by atoms with Gasteiger partial charge in [-0.25, -0.2) is 0 Å². The van der Waals surface area contributed by atoms with Crippen molar-refractivity contribution in [1.82, 2.24) is 5.32 Å². The number of allylic oxidation sites excluding steroid dienone is 2. The molecule has 17 heavy (non-hydrogen) atoms. The van der Waals surface area contributed by atoms with Gasteiger partial charge in [0.25, 0.3) is 0 Å². The predicted molar refractivity (Wildman–Crippen MR) is 71.0 cm³/mol. The zero-order chi connectivity index (χ0) is 12.1. The van der Waals surface area contributed by atoms with Gasteiger partial charge in [0.1, 0.15) is 5.75 Å². The molecule has 0 heterocycles. The average Bonchev–Trinajstić information content (AvgIpc) is 2.38. The third kappa shape index (κ3) is 3.34. The molecule has 1 aliphatic carbocycles. The molecule has 2 N–H and O–H groups in total. The van der Waals surface area contributed by atoms with Crippen LogP contribution in [0.15, 0.2) is 36.4 Å². The van der Waals surface area contributed by atoms with E-state index >= 15 is 0 Å². The summed E-state index contributed by atoms with van der Waals surface area (Å²) in [7, 11) is 0. The van der Waals surface area contributed by atoms with Crippen molar-refractivity contribution in [1.29, 1.82) is 0 Å². The third-order valence-corrected chi connectivity index (χ3v) is 3.49. The first kappa shape index (κ1) is 12.2. The topological polar surface area (TPSA) is 32.3 Å². The van der Waals surface area contributed by atoms with E-state index in [2.05, 4.69) is 24.4 Å². The molecular formula is C15H21NO. The number of rotatable bonds is 4. The monoisotopic (exact) mass is 231 g/mol. The Hall–Kier alpha value is -1.28. The van der Waals surface area contributed by atoms with Crippen LogP contribution in [-0.4, -0.2) is 11.7 Å². The second-order valence-electron chi connectivity index (χ2n) is 4.84. The van der Waals surface area contributed by atoms with Gasteiger partial charge in [-0.1, -0.05) is 30.4 Å². The van der Waals surface area contributed by atoms with E-state index in [0.29, 0.717) is 5.75 Å². The summed E-state index contributed by atoms with van der Waals surface area (Å²) in [5.74, 6) is 1.13. The fourth-order valence-electron chi connectivity index (χ4n) is 2.35. The van der Waals surface area contributed by atoms with Crippen LogP contribution >= 0.6 is 0 Å². The predicted octanol–water partition coefficient (Wildman–Crippen LogP) is 3.40. The van der Waals surface area contributed by atoms with E-state index in [0.717, 1.165) is 18.0 Å². The largest absolute Gasteiger partial charge is 0.508 e. The maximum Gasteiger partial charge on any atom is 0.120 e. The summed E-state index contributed by atoms with van der Waals surface area (Å²) in [5, 5.41) is 13.3. The van der Waals surface area contributed by atoms with Crippen molar-refractivity contribution in [3.63, 3.8) is 0 Å². The molecule has 92 valence electrons. The van der Waals surface area contributed by atoms with E-state index in [9.17, 15) is 5.11 Å². The van der Waals surface area contributed by atoms with Crippen molar-refractivity contribution in [2.24, 2.45) is 5.92 Å². The van der Waals surface area contributed by atoms with Crippen molar-refractivity contribution in [2.75, 3.05) is 6.54 Å². The zero-order valence-corrected chi connectivity index (χ0v) is 10.4. The van der Waals surface area contributed by atoms with Crippen molar-refractivity contribution in [2.45, 2.75) is 32.2 Å². The summed E-state index contributed by atoms with van der Waals surface area (Å²) >= 11 is 0. The molecule has 2 rings (SSSR count). The number of para-hydroxylation sites is 1. The quantitative estimate of drug-likeness (QED) is 0.778. The van der Waals surface area contributed by atoms with Crippen LogP contribution in [0.5, 0.6) is 5.75 Å². The van der Waals surface area contributed by atoms with E-state index in [1.54, 1.807) is 6.07 Å². The molecule has 2 unspecified atom stereocenters. The fraction of sp³-hybridized carbons (Fsp3) is 0.467. The van der Waals surface area contributed by atoms with Gasteiger partial charge in [0.15, 0.2) is 0 Å². The van der Waals surface area contributed by atoms with Gasteiger partial charge in [-0.3, -0.25) is 0 Å². The molecule has 0 spiro atoms. The Morgan fingerprint density at radius 3 is 2.88 bits per heavy atom. The minimum Gasteiger partial charge on any atom is -0.508 e. The number of nitrogens with one attached hydrogen (secondary N) is 1. The highest BCUT2D eigenvalue weighted by atomic mass is 16.3. The molecule has 2 atom stereocenters. The van der Waals surface area contributed by atoms with Crippen LogP contribution < -0.4 is 5.32 Å². The van der Waals surface area contributed by atoms with E-state index in [-0.39, 0.29) is 6.04 Å². The second-order valence-corrected chi connectivity index (χ2v) is 4.84. The van der Waals surface area contributed by atoms with Gasteiger partial charge < -0.3 is 10.4 Å². The smallest absolute Gasteiger partial charge is 0.120 e. The van der Waals surface area contributed by atoms with Crippen molar-refractivity contribution < 1.29 is 5.11 Å². The number of benzene rings is 1. The van der Waals surface area contributed by atoms with Gasteiger partial charge >= 0.3 is 0 Å². The molecule has 0 fully saturated rings. The van der Waals surface area contributed by atoms with E-state index < -0.39 is 0 Å². The Morgan fingerprint density at radius 1 is 1.35 bits per heavy atom. The second kappa shape index (κ2) is 5.87. The van der Waals surface area contributed by atoms with Crippen molar-refractivity contribution in [3.05, 3.63) is 42.0 Å². The maximum absolute atomic E-state index is 9.77. The van der Waals surface area contributed by atoms with Crippen LogP contribution in [0.4, 0.5) is 0 Å². The summed E-state index contributed by atoms with van der Waals surface area (Å²) < 4.78 is 0. The molecule has 0 aliphatic heterocycles. The highest BCUT2D eigenvalue weighted by molar-refractivity contribution is 5.34. The number of aromatic hydroxyl groups is 1. The van der Waals surface area contributed by atoms with Crippen LogP contribution in [0.3, 0.4) is 0 Å². The van der Waals surface area contributed by atoms with Gasteiger partial charge in [-0.2, -0.15) is 0 Å². The minimum absolute atomic E-state index is 0.210. The molecule has 0 radical (unpaired) electrons. The molecule has 0 amide bonds. The molecule has 1 aromatic rings. The Bertz CT molecular complexity index is 386. The summed E-state index contributed by atoms with van der Waals surface area (Å²) in [6.45, 7) is 3.13. The number of phenolic OH excluding ortho intramolecular Hbond substituents is 1. The van der Waals surface area contributed by atoms with Crippen LogP contribution in [0.1, 0.15) is 37.8 Å². The molecular weight excluding hydrogens is 210 g/mol. The summed E-state index contributed by atoms with van der Waals surface area (Å²) in [5.41, 5.74) is 0.985. The van der Waals surface area contributed by atoms with Gasteiger partial charge in [-0.15, -0.1) is 0 Å². The molecule has 0 saturated heterocycles. The highest BCUT2D eigenvalue weighted by Gasteiger charge is 2.13. The third-order valence-electron chi connectivity index (χ3n) is 3.49. The van der Waals surface area contributed by atoms with Crippen LogP contribution in [0.25, 0.3) is 0 Å². The van der Waals surface area contributed by atoms with Crippen molar-refractivity contribution in [3.8, 4) is 5.75 Å². The van der Waals surface area contributed by atoms with Gasteiger partial charge in [-0.05, 0) is 44.7 Å². The molecule has 2 nitrogen and oxygen atoms in total. The van der Waals surface area contributed by atoms with E-state index in [4.69, 9.17) is 0 Å². The molecule has 0 saturated carbocycles.